The first-order valence-corrected chi connectivity index (χ1v) is 5.54. The van der Waals surface area contributed by atoms with Gasteiger partial charge >= 0.3 is 7.12 Å². The number of halogens is 1. The molecule has 17 heavy (non-hydrogen) atoms. The van der Waals surface area contributed by atoms with Crippen LogP contribution in [0.5, 0.6) is 0 Å². The minimum Gasteiger partial charge on any atom is -0.423 e. The molecule has 1 aliphatic rings. The molecule has 2 N–H and O–H groups in total. The second-order valence-electron chi connectivity index (χ2n) is 4.15. The summed E-state index contributed by atoms with van der Waals surface area (Å²) in [6.07, 6.45) is 1.91. The molecule has 90 valence electrons. The third-order valence-corrected chi connectivity index (χ3v) is 2.86. The molecular weight excluding hydrogens is 224 g/mol. The van der Waals surface area contributed by atoms with Crippen molar-refractivity contribution in [1.29, 1.82) is 0 Å². The minimum atomic E-state index is -1.77. The van der Waals surface area contributed by atoms with Gasteiger partial charge in [0.25, 0.3) is 5.91 Å². The van der Waals surface area contributed by atoms with E-state index in [4.69, 9.17) is 10.0 Å². The van der Waals surface area contributed by atoms with Crippen molar-refractivity contribution in [1.82, 2.24) is 4.90 Å². The van der Waals surface area contributed by atoms with Crippen molar-refractivity contribution in [2.24, 2.45) is 0 Å². The summed E-state index contributed by atoms with van der Waals surface area (Å²) < 4.78 is 13.2. The number of nitrogens with zero attached hydrogens (tertiary/aromatic N) is 1. The van der Waals surface area contributed by atoms with Crippen LogP contribution in [0.3, 0.4) is 0 Å². The lowest BCUT2D eigenvalue weighted by molar-refractivity contribution is 0.0792. The molecule has 1 aromatic rings. The quantitative estimate of drug-likeness (QED) is 0.697. The maximum Gasteiger partial charge on any atom is 0.488 e. The van der Waals surface area contributed by atoms with Crippen molar-refractivity contribution < 1.29 is 19.2 Å². The van der Waals surface area contributed by atoms with Gasteiger partial charge in [-0.15, -0.1) is 0 Å². The Morgan fingerprint density at radius 1 is 1.24 bits per heavy atom. The van der Waals surface area contributed by atoms with E-state index in [-0.39, 0.29) is 16.9 Å². The van der Waals surface area contributed by atoms with E-state index >= 15 is 0 Å². The van der Waals surface area contributed by atoms with Gasteiger partial charge in [0.15, 0.2) is 0 Å². The van der Waals surface area contributed by atoms with Crippen LogP contribution in [0.4, 0.5) is 4.39 Å². The highest BCUT2D eigenvalue weighted by molar-refractivity contribution is 6.58. The summed E-state index contributed by atoms with van der Waals surface area (Å²) in [7, 11) is -1.77. The number of likely N-dealkylation sites (tertiary alicyclic amines) is 1. The van der Waals surface area contributed by atoms with Gasteiger partial charge in [0.2, 0.25) is 0 Å². The maximum absolute atomic E-state index is 13.2. The van der Waals surface area contributed by atoms with Gasteiger partial charge < -0.3 is 14.9 Å². The molecule has 0 atom stereocenters. The van der Waals surface area contributed by atoms with Crippen LogP contribution in [-0.4, -0.2) is 41.1 Å². The summed E-state index contributed by atoms with van der Waals surface area (Å²) in [5, 5.41) is 18.0. The molecule has 0 aromatic heterocycles. The van der Waals surface area contributed by atoms with Crippen molar-refractivity contribution >= 4 is 18.5 Å². The Hall–Kier alpha value is -1.40. The summed E-state index contributed by atoms with van der Waals surface area (Å²) in [5.74, 6) is -0.901. The van der Waals surface area contributed by atoms with Gasteiger partial charge in [-0.25, -0.2) is 4.39 Å². The molecule has 0 bridgehead atoms. The normalized spacial score (nSPS) is 15.1. The first-order chi connectivity index (χ1) is 8.08. The lowest BCUT2D eigenvalue weighted by Gasteiger charge is -2.15. The van der Waals surface area contributed by atoms with Gasteiger partial charge in [-0.3, -0.25) is 4.79 Å². The first-order valence-electron chi connectivity index (χ1n) is 5.54. The standard InChI is InChI=1S/C11H13BFNO3/c13-10-6-8(5-9(7-10)12(16)17)11(15)14-3-1-2-4-14/h5-7,16-17H,1-4H2. The first kappa shape index (κ1) is 12.1. The molecule has 1 amide bonds. The van der Waals surface area contributed by atoms with Gasteiger partial charge in [-0.05, 0) is 36.5 Å². The van der Waals surface area contributed by atoms with Crippen molar-refractivity contribution in [2.75, 3.05) is 13.1 Å². The van der Waals surface area contributed by atoms with Crippen LogP contribution in [0.2, 0.25) is 0 Å². The molecule has 0 unspecified atom stereocenters. The van der Waals surface area contributed by atoms with E-state index in [0.29, 0.717) is 13.1 Å². The number of rotatable bonds is 2. The van der Waals surface area contributed by atoms with E-state index < -0.39 is 12.9 Å². The van der Waals surface area contributed by atoms with E-state index in [1.807, 2.05) is 0 Å². The molecule has 1 fully saturated rings. The molecule has 6 heteroatoms. The zero-order valence-electron chi connectivity index (χ0n) is 9.27. The molecule has 1 aromatic carbocycles. The summed E-state index contributed by atoms with van der Waals surface area (Å²) in [4.78, 5) is 13.6. The van der Waals surface area contributed by atoms with Crippen LogP contribution >= 0.6 is 0 Å². The smallest absolute Gasteiger partial charge is 0.423 e. The van der Waals surface area contributed by atoms with Gasteiger partial charge in [0.05, 0.1) is 0 Å². The van der Waals surface area contributed by atoms with Gasteiger partial charge in [0, 0.05) is 18.7 Å². The lowest BCUT2D eigenvalue weighted by Crippen LogP contribution is -2.33. The highest BCUT2D eigenvalue weighted by atomic mass is 19.1. The molecule has 1 aliphatic heterocycles. The predicted molar refractivity (Wildman–Crippen MR) is 61.4 cm³/mol. The molecule has 0 aliphatic carbocycles. The third-order valence-electron chi connectivity index (χ3n) is 2.86. The van der Waals surface area contributed by atoms with E-state index in [1.54, 1.807) is 4.90 Å². The average molecular weight is 237 g/mol. The fourth-order valence-electron chi connectivity index (χ4n) is 1.99. The van der Waals surface area contributed by atoms with Crippen LogP contribution in [0.25, 0.3) is 0 Å². The Morgan fingerprint density at radius 3 is 2.47 bits per heavy atom. The zero-order valence-corrected chi connectivity index (χ0v) is 9.27. The fraction of sp³-hybridized carbons (Fsp3) is 0.364. The summed E-state index contributed by atoms with van der Waals surface area (Å²) >= 11 is 0. The molecule has 1 saturated heterocycles. The van der Waals surface area contributed by atoms with Crippen LogP contribution < -0.4 is 5.46 Å². The molecule has 2 rings (SSSR count). The highest BCUT2D eigenvalue weighted by Gasteiger charge is 2.22. The van der Waals surface area contributed by atoms with Crippen LogP contribution in [0.1, 0.15) is 23.2 Å². The van der Waals surface area contributed by atoms with Gasteiger partial charge in [-0.1, -0.05) is 0 Å². The summed E-state index contributed by atoms with van der Waals surface area (Å²) in [6, 6.07) is 3.44. The second kappa shape index (κ2) is 4.85. The minimum absolute atomic E-state index is 0.00690. The van der Waals surface area contributed by atoms with Gasteiger partial charge in [-0.2, -0.15) is 0 Å². The molecule has 0 saturated carbocycles. The van der Waals surface area contributed by atoms with E-state index in [9.17, 15) is 9.18 Å². The molecule has 1 heterocycles. The topological polar surface area (TPSA) is 60.8 Å². The Balaban J connectivity index is 2.28. The fourth-order valence-corrected chi connectivity index (χ4v) is 1.99. The average Bonchev–Trinajstić information content (AvgIpc) is 2.80. The van der Waals surface area contributed by atoms with Crippen molar-refractivity contribution in [2.45, 2.75) is 12.8 Å². The number of benzene rings is 1. The second-order valence-corrected chi connectivity index (χ2v) is 4.15. The monoisotopic (exact) mass is 237 g/mol. The SMILES string of the molecule is O=C(c1cc(F)cc(B(O)O)c1)N1CCCC1. The van der Waals surface area contributed by atoms with Crippen molar-refractivity contribution in [3.63, 3.8) is 0 Å². The largest absolute Gasteiger partial charge is 0.488 e. The number of carbonyl (C=O) groups excluding carboxylic acids is 1. The van der Waals surface area contributed by atoms with Gasteiger partial charge in [0.1, 0.15) is 5.82 Å². The zero-order chi connectivity index (χ0) is 12.4. The van der Waals surface area contributed by atoms with E-state index in [0.717, 1.165) is 25.0 Å². The predicted octanol–water partition coefficient (Wildman–Crippen LogP) is -0.258. The number of carbonyl (C=O) groups is 1. The maximum atomic E-state index is 13.2. The number of hydrogen-bond acceptors (Lipinski definition) is 3. The van der Waals surface area contributed by atoms with E-state index in [2.05, 4.69) is 0 Å². The Bertz CT molecular complexity index is 433. The molecule has 0 radical (unpaired) electrons. The lowest BCUT2D eigenvalue weighted by atomic mass is 9.79. The summed E-state index contributed by atoms with van der Waals surface area (Å²) in [5.41, 5.74) is 0.155. The highest BCUT2D eigenvalue weighted by Crippen LogP contribution is 2.13. The van der Waals surface area contributed by atoms with Crippen LogP contribution in [0.15, 0.2) is 18.2 Å². The molecular formula is C11H13BFNO3. The van der Waals surface area contributed by atoms with Crippen LogP contribution in [0, 0.1) is 5.82 Å². The Labute approximate surface area is 98.8 Å². The Kier molecular flexibility index (Phi) is 3.45. The van der Waals surface area contributed by atoms with Crippen LogP contribution in [-0.2, 0) is 0 Å². The molecule has 4 nitrogen and oxygen atoms in total. The van der Waals surface area contributed by atoms with E-state index in [1.165, 1.54) is 6.07 Å². The summed E-state index contributed by atoms with van der Waals surface area (Å²) in [6.45, 7) is 1.35. The molecule has 0 spiro atoms. The third kappa shape index (κ3) is 2.65. The van der Waals surface area contributed by atoms with Crippen molar-refractivity contribution in [3.05, 3.63) is 29.6 Å². The Morgan fingerprint density at radius 2 is 1.88 bits per heavy atom. The number of amides is 1. The van der Waals surface area contributed by atoms with Crippen molar-refractivity contribution in [3.8, 4) is 0 Å². The number of hydrogen-bond donors (Lipinski definition) is 2.